The predicted octanol–water partition coefficient (Wildman–Crippen LogP) is 0.689. The SMILES string of the molecule is Cc1nc(C)c(CCC(=O)NC(C)(C)CC(=O)O)c(=O)[nH]1. The van der Waals surface area contributed by atoms with E-state index in [0.29, 0.717) is 17.1 Å². The normalized spacial score (nSPS) is 11.2. The number of rotatable bonds is 6. The zero-order valence-corrected chi connectivity index (χ0v) is 12.7. The molecular formula is C14H21N3O4. The van der Waals surface area contributed by atoms with Crippen molar-refractivity contribution in [3.05, 3.63) is 27.4 Å². The van der Waals surface area contributed by atoms with Crippen LogP contribution in [0.4, 0.5) is 0 Å². The zero-order chi connectivity index (χ0) is 16.2. The van der Waals surface area contributed by atoms with Gasteiger partial charge in [0.25, 0.3) is 5.56 Å². The largest absolute Gasteiger partial charge is 0.481 e. The molecule has 0 aliphatic carbocycles. The number of nitrogens with zero attached hydrogens (tertiary/aromatic N) is 1. The number of aryl methyl sites for hydroxylation is 2. The Kier molecular flexibility index (Phi) is 5.23. The summed E-state index contributed by atoms with van der Waals surface area (Å²) in [5.74, 6) is -0.732. The van der Waals surface area contributed by atoms with Crippen LogP contribution in [0.15, 0.2) is 4.79 Å². The molecule has 7 heteroatoms. The maximum absolute atomic E-state index is 11.9. The van der Waals surface area contributed by atoms with E-state index in [-0.39, 0.29) is 30.7 Å². The monoisotopic (exact) mass is 295 g/mol. The molecule has 0 aliphatic heterocycles. The minimum Gasteiger partial charge on any atom is -0.481 e. The van der Waals surface area contributed by atoms with E-state index < -0.39 is 11.5 Å². The lowest BCUT2D eigenvalue weighted by Crippen LogP contribution is -2.45. The molecule has 0 saturated heterocycles. The lowest BCUT2D eigenvalue weighted by molar-refractivity contribution is -0.138. The number of hydrogen-bond donors (Lipinski definition) is 3. The molecule has 3 N–H and O–H groups in total. The van der Waals surface area contributed by atoms with Gasteiger partial charge in [-0.2, -0.15) is 0 Å². The number of aromatic nitrogens is 2. The van der Waals surface area contributed by atoms with Crippen molar-refractivity contribution in [1.29, 1.82) is 0 Å². The van der Waals surface area contributed by atoms with E-state index in [4.69, 9.17) is 5.11 Å². The van der Waals surface area contributed by atoms with Crippen molar-refractivity contribution in [3.8, 4) is 0 Å². The number of carboxylic acid groups (broad SMARTS) is 1. The van der Waals surface area contributed by atoms with Crippen LogP contribution in [-0.4, -0.2) is 32.5 Å². The van der Waals surface area contributed by atoms with Gasteiger partial charge in [0.1, 0.15) is 5.82 Å². The molecule has 116 valence electrons. The number of H-pyrrole nitrogens is 1. The molecular weight excluding hydrogens is 274 g/mol. The highest BCUT2D eigenvalue weighted by atomic mass is 16.4. The highest BCUT2D eigenvalue weighted by molar-refractivity contribution is 5.78. The molecule has 1 aromatic heterocycles. The van der Waals surface area contributed by atoms with Crippen LogP contribution < -0.4 is 10.9 Å². The minimum absolute atomic E-state index is 0.109. The molecule has 1 heterocycles. The smallest absolute Gasteiger partial charge is 0.305 e. The summed E-state index contributed by atoms with van der Waals surface area (Å²) in [7, 11) is 0. The number of carboxylic acids is 1. The van der Waals surface area contributed by atoms with Gasteiger partial charge < -0.3 is 15.4 Å². The molecule has 7 nitrogen and oxygen atoms in total. The summed E-state index contributed by atoms with van der Waals surface area (Å²) in [4.78, 5) is 41.1. The summed E-state index contributed by atoms with van der Waals surface area (Å²) in [6.45, 7) is 6.71. The van der Waals surface area contributed by atoms with Gasteiger partial charge in [0, 0.05) is 23.2 Å². The Bertz CT molecular complexity index is 605. The third kappa shape index (κ3) is 5.37. The van der Waals surface area contributed by atoms with E-state index >= 15 is 0 Å². The van der Waals surface area contributed by atoms with Crippen molar-refractivity contribution in [2.75, 3.05) is 0 Å². The molecule has 21 heavy (non-hydrogen) atoms. The fourth-order valence-corrected chi connectivity index (χ4v) is 2.15. The van der Waals surface area contributed by atoms with E-state index in [0.717, 1.165) is 0 Å². The van der Waals surface area contributed by atoms with Crippen molar-refractivity contribution in [1.82, 2.24) is 15.3 Å². The molecule has 0 saturated carbocycles. The van der Waals surface area contributed by atoms with E-state index in [1.54, 1.807) is 27.7 Å². The first-order chi connectivity index (χ1) is 9.60. The molecule has 0 aliphatic rings. The van der Waals surface area contributed by atoms with Crippen LogP contribution in [0, 0.1) is 13.8 Å². The van der Waals surface area contributed by atoms with Crippen LogP contribution in [0.1, 0.15) is 43.8 Å². The topological polar surface area (TPSA) is 112 Å². The van der Waals surface area contributed by atoms with Gasteiger partial charge in [0.15, 0.2) is 0 Å². The fourth-order valence-electron chi connectivity index (χ4n) is 2.15. The Morgan fingerprint density at radius 3 is 2.48 bits per heavy atom. The van der Waals surface area contributed by atoms with Gasteiger partial charge in [-0.25, -0.2) is 4.98 Å². The summed E-state index contributed by atoms with van der Waals surface area (Å²) >= 11 is 0. The Labute approximate surface area is 122 Å². The first-order valence-corrected chi connectivity index (χ1v) is 6.70. The molecule has 1 aromatic rings. The Morgan fingerprint density at radius 2 is 1.95 bits per heavy atom. The average molecular weight is 295 g/mol. The van der Waals surface area contributed by atoms with Gasteiger partial charge in [-0.15, -0.1) is 0 Å². The molecule has 0 radical (unpaired) electrons. The summed E-state index contributed by atoms with van der Waals surface area (Å²) in [5.41, 5.74) is 0.0221. The molecule has 0 aromatic carbocycles. The first kappa shape index (κ1) is 16.9. The van der Waals surface area contributed by atoms with E-state index in [1.807, 2.05) is 0 Å². The van der Waals surface area contributed by atoms with Crippen molar-refractivity contribution in [2.45, 2.75) is 52.5 Å². The molecule has 0 spiro atoms. The van der Waals surface area contributed by atoms with Gasteiger partial charge in [0.2, 0.25) is 5.91 Å². The highest BCUT2D eigenvalue weighted by Crippen LogP contribution is 2.09. The van der Waals surface area contributed by atoms with Crippen molar-refractivity contribution in [3.63, 3.8) is 0 Å². The van der Waals surface area contributed by atoms with Crippen LogP contribution >= 0.6 is 0 Å². The molecule has 1 amide bonds. The van der Waals surface area contributed by atoms with Crippen LogP contribution in [0.3, 0.4) is 0 Å². The third-order valence-corrected chi connectivity index (χ3v) is 3.01. The van der Waals surface area contributed by atoms with Crippen LogP contribution in [0.25, 0.3) is 0 Å². The lowest BCUT2D eigenvalue weighted by atomic mass is 10.00. The highest BCUT2D eigenvalue weighted by Gasteiger charge is 2.23. The van der Waals surface area contributed by atoms with Gasteiger partial charge in [-0.05, 0) is 34.1 Å². The van der Waals surface area contributed by atoms with Crippen LogP contribution in [-0.2, 0) is 16.0 Å². The summed E-state index contributed by atoms with van der Waals surface area (Å²) in [5, 5.41) is 11.4. The molecule has 0 atom stereocenters. The summed E-state index contributed by atoms with van der Waals surface area (Å²) in [6, 6.07) is 0. The quantitative estimate of drug-likeness (QED) is 0.714. The summed E-state index contributed by atoms with van der Waals surface area (Å²) in [6.07, 6.45) is 0.214. The minimum atomic E-state index is -0.977. The summed E-state index contributed by atoms with van der Waals surface area (Å²) < 4.78 is 0. The number of hydrogen-bond acceptors (Lipinski definition) is 4. The number of nitrogens with one attached hydrogen (secondary N) is 2. The average Bonchev–Trinajstić information content (AvgIpc) is 2.24. The Balaban J connectivity index is 2.66. The molecule has 0 fully saturated rings. The Hall–Kier alpha value is -2.18. The number of carbonyl (C=O) groups excluding carboxylic acids is 1. The maximum atomic E-state index is 11.9. The predicted molar refractivity (Wildman–Crippen MR) is 77.1 cm³/mol. The van der Waals surface area contributed by atoms with E-state index in [1.165, 1.54) is 0 Å². The maximum Gasteiger partial charge on any atom is 0.305 e. The lowest BCUT2D eigenvalue weighted by Gasteiger charge is -2.24. The standard InChI is InChI=1S/C14H21N3O4/c1-8-10(13(21)16-9(2)15-8)5-6-11(18)17-14(3,4)7-12(19)20/h5-7H2,1-4H3,(H,17,18)(H,19,20)(H,15,16,21). The zero-order valence-electron chi connectivity index (χ0n) is 12.7. The van der Waals surface area contributed by atoms with E-state index in [2.05, 4.69) is 15.3 Å². The van der Waals surface area contributed by atoms with Gasteiger partial charge >= 0.3 is 5.97 Å². The van der Waals surface area contributed by atoms with Crippen molar-refractivity contribution >= 4 is 11.9 Å². The second kappa shape index (κ2) is 6.51. The van der Waals surface area contributed by atoms with Crippen molar-refractivity contribution in [2.24, 2.45) is 0 Å². The second-order valence-corrected chi connectivity index (χ2v) is 5.72. The Morgan fingerprint density at radius 1 is 1.33 bits per heavy atom. The van der Waals surface area contributed by atoms with Crippen LogP contribution in [0.2, 0.25) is 0 Å². The van der Waals surface area contributed by atoms with Crippen LogP contribution in [0.5, 0.6) is 0 Å². The first-order valence-electron chi connectivity index (χ1n) is 6.70. The third-order valence-electron chi connectivity index (χ3n) is 3.01. The van der Waals surface area contributed by atoms with E-state index in [9.17, 15) is 14.4 Å². The molecule has 0 bridgehead atoms. The number of aliphatic carboxylic acids is 1. The molecule has 1 rings (SSSR count). The van der Waals surface area contributed by atoms with Crippen molar-refractivity contribution < 1.29 is 14.7 Å². The number of amides is 1. The van der Waals surface area contributed by atoms with Gasteiger partial charge in [-0.3, -0.25) is 14.4 Å². The fraction of sp³-hybridized carbons (Fsp3) is 0.571. The number of carbonyl (C=O) groups is 2. The second-order valence-electron chi connectivity index (χ2n) is 5.72. The molecule has 0 unspecified atom stereocenters. The number of aromatic amines is 1. The van der Waals surface area contributed by atoms with Gasteiger partial charge in [0.05, 0.1) is 6.42 Å². The van der Waals surface area contributed by atoms with Gasteiger partial charge in [-0.1, -0.05) is 0 Å².